The van der Waals surface area contributed by atoms with E-state index < -0.39 is 21.7 Å². The summed E-state index contributed by atoms with van der Waals surface area (Å²) in [6.45, 7) is 2.72. The smallest absolute Gasteiger partial charge is 0.254 e. The molecule has 0 radical (unpaired) electrons. The average Bonchev–Trinajstić information content (AvgIpc) is 3.07. The minimum atomic E-state index is -3.19. The highest BCUT2D eigenvalue weighted by Crippen LogP contribution is 2.24. The normalized spacial score (nSPS) is 17.8. The van der Waals surface area contributed by atoms with Gasteiger partial charge in [0.05, 0.1) is 18.1 Å². The predicted molar refractivity (Wildman–Crippen MR) is 110 cm³/mol. The lowest BCUT2D eigenvalue weighted by Gasteiger charge is -2.28. The van der Waals surface area contributed by atoms with Gasteiger partial charge in [-0.2, -0.15) is 0 Å². The molecule has 0 aliphatic carbocycles. The van der Waals surface area contributed by atoms with Gasteiger partial charge in [-0.25, -0.2) is 12.8 Å². The summed E-state index contributed by atoms with van der Waals surface area (Å²) in [5, 5.41) is 0. The number of rotatable bonds is 8. The third kappa shape index (κ3) is 5.56. The van der Waals surface area contributed by atoms with Gasteiger partial charge in [0.15, 0.2) is 9.84 Å². The monoisotopic (exact) mass is 419 g/mol. The Hall–Kier alpha value is -2.41. The van der Waals surface area contributed by atoms with Crippen molar-refractivity contribution in [3.05, 3.63) is 65.5 Å². The van der Waals surface area contributed by atoms with Crippen LogP contribution >= 0.6 is 0 Å². The van der Waals surface area contributed by atoms with E-state index in [-0.39, 0.29) is 24.0 Å². The van der Waals surface area contributed by atoms with Crippen molar-refractivity contribution < 1.29 is 22.3 Å². The number of carbonyl (C=O) groups is 1. The number of nitrogens with zero attached hydrogens (tertiary/aromatic N) is 1. The number of carbonyl (C=O) groups excluding carboxylic acids is 1. The molecule has 0 aromatic heterocycles. The van der Waals surface area contributed by atoms with Crippen LogP contribution < -0.4 is 4.74 Å². The molecule has 1 saturated heterocycles. The second-order valence-corrected chi connectivity index (χ2v) is 9.54. The number of benzene rings is 2. The Morgan fingerprint density at radius 3 is 2.52 bits per heavy atom. The lowest BCUT2D eigenvalue weighted by molar-refractivity contribution is 0.0679. The van der Waals surface area contributed by atoms with Crippen LogP contribution in [0, 0.1) is 5.82 Å². The number of unbranched alkanes of at least 4 members (excludes halogenated alkanes) is 1. The molecule has 0 N–H and O–H groups in total. The number of amides is 1. The van der Waals surface area contributed by atoms with E-state index in [2.05, 4.69) is 6.92 Å². The number of hydrogen-bond acceptors (Lipinski definition) is 4. The number of hydrogen-bond donors (Lipinski definition) is 0. The molecular formula is C22H26FNO4S. The van der Waals surface area contributed by atoms with Crippen LogP contribution in [-0.2, 0) is 16.4 Å². The van der Waals surface area contributed by atoms with Gasteiger partial charge in [0.2, 0.25) is 0 Å². The van der Waals surface area contributed by atoms with Crippen molar-refractivity contribution in [2.45, 2.75) is 38.8 Å². The molecule has 3 rings (SSSR count). The molecule has 1 atom stereocenters. The quantitative estimate of drug-likeness (QED) is 0.610. The molecule has 1 unspecified atom stereocenters. The molecule has 2 aromatic carbocycles. The minimum Gasteiger partial charge on any atom is -0.494 e. The Bertz CT molecular complexity index is 944. The number of sulfone groups is 1. The van der Waals surface area contributed by atoms with Crippen molar-refractivity contribution in [1.29, 1.82) is 0 Å². The molecule has 0 bridgehead atoms. The molecule has 29 heavy (non-hydrogen) atoms. The molecule has 5 nitrogen and oxygen atoms in total. The van der Waals surface area contributed by atoms with E-state index in [9.17, 15) is 17.6 Å². The Labute approximate surface area is 171 Å². The van der Waals surface area contributed by atoms with Crippen molar-refractivity contribution in [2.75, 3.05) is 18.1 Å². The topological polar surface area (TPSA) is 63.7 Å². The summed E-state index contributed by atoms with van der Waals surface area (Å²) in [6, 6.07) is 12.6. The molecule has 1 heterocycles. The minimum absolute atomic E-state index is 0.0282. The predicted octanol–water partition coefficient (Wildman–Crippen LogP) is 3.83. The molecule has 0 saturated carbocycles. The standard InChI is InChI=1S/C22H26FNO4S/c1-2-3-13-28-20-10-8-17(9-11-20)22(25)24(19-12-14-29(26,27)16-19)15-18-6-4-5-7-21(18)23/h4-11,19H,2-3,12-16H2,1H3. The Morgan fingerprint density at radius 2 is 1.90 bits per heavy atom. The van der Waals surface area contributed by atoms with Gasteiger partial charge in [0.25, 0.3) is 5.91 Å². The zero-order chi connectivity index (χ0) is 20.9. The Kier molecular flexibility index (Phi) is 6.90. The first-order valence-electron chi connectivity index (χ1n) is 9.87. The van der Waals surface area contributed by atoms with E-state index in [1.807, 2.05) is 0 Å². The van der Waals surface area contributed by atoms with Gasteiger partial charge in [-0.05, 0) is 43.2 Å². The SMILES string of the molecule is CCCCOc1ccc(C(=O)N(Cc2ccccc2F)C2CCS(=O)(=O)C2)cc1. The van der Waals surface area contributed by atoms with E-state index >= 15 is 0 Å². The van der Waals surface area contributed by atoms with E-state index in [1.165, 1.54) is 11.0 Å². The summed E-state index contributed by atoms with van der Waals surface area (Å²) < 4.78 is 43.7. The highest BCUT2D eigenvalue weighted by molar-refractivity contribution is 7.91. The van der Waals surface area contributed by atoms with Crippen molar-refractivity contribution >= 4 is 15.7 Å². The van der Waals surface area contributed by atoms with Crippen LogP contribution in [-0.4, -0.2) is 43.4 Å². The number of halogens is 1. The fraction of sp³-hybridized carbons (Fsp3) is 0.409. The van der Waals surface area contributed by atoms with Gasteiger partial charge in [-0.3, -0.25) is 4.79 Å². The molecule has 1 aliphatic rings. The summed E-state index contributed by atoms with van der Waals surface area (Å²) in [5.74, 6) is -0.0886. The van der Waals surface area contributed by atoms with Crippen LogP contribution in [0.2, 0.25) is 0 Å². The van der Waals surface area contributed by atoms with E-state index in [0.717, 1.165) is 12.8 Å². The van der Waals surface area contributed by atoms with Crippen molar-refractivity contribution in [2.24, 2.45) is 0 Å². The van der Waals surface area contributed by atoms with Gasteiger partial charge in [0.1, 0.15) is 11.6 Å². The maximum Gasteiger partial charge on any atom is 0.254 e. The maximum absolute atomic E-state index is 14.2. The highest BCUT2D eigenvalue weighted by atomic mass is 32.2. The third-order valence-electron chi connectivity index (χ3n) is 5.08. The first-order valence-corrected chi connectivity index (χ1v) is 11.7. The van der Waals surface area contributed by atoms with E-state index in [1.54, 1.807) is 42.5 Å². The lowest BCUT2D eigenvalue weighted by atomic mass is 10.1. The van der Waals surface area contributed by atoms with Crippen molar-refractivity contribution in [3.8, 4) is 5.75 Å². The Morgan fingerprint density at radius 1 is 1.17 bits per heavy atom. The molecule has 156 valence electrons. The summed E-state index contributed by atoms with van der Waals surface area (Å²) in [4.78, 5) is 14.7. The molecule has 1 aliphatic heterocycles. The molecule has 1 fully saturated rings. The largest absolute Gasteiger partial charge is 0.494 e. The maximum atomic E-state index is 14.2. The van der Waals surface area contributed by atoms with Gasteiger partial charge >= 0.3 is 0 Å². The molecule has 1 amide bonds. The highest BCUT2D eigenvalue weighted by Gasteiger charge is 2.35. The van der Waals surface area contributed by atoms with Crippen LogP contribution in [0.5, 0.6) is 5.75 Å². The van der Waals surface area contributed by atoms with Crippen LogP contribution in [0.15, 0.2) is 48.5 Å². The van der Waals surface area contributed by atoms with Gasteiger partial charge in [-0.15, -0.1) is 0 Å². The van der Waals surface area contributed by atoms with Gasteiger partial charge in [0, 0.05) is 23.7 Å². The van der Waals surface area contributed by atoms with Crippen molar-refractivity contribution in [1.82, 2.24) is 4.90 Å². The van der Waals surface area contributed by atoms with Crippen LogP contribution in [0.3, 0.4) is 0 Å². The zero-order valence-corrected chi connectivity index (χ0v) is 17.3. The fourth-order valence-corrected chi connectivity index (χ4v) is 5.12. The van der Waals surface area contributed by atoms with Gasteiger partial charge < -0.3 is 9.64 Å². The van der Waals surface area contributed by atoms with Crippen LogP contribution in [0.1, 0.15) is 42.1 Å². The zero-order valence-electron chi connectivity index (χ0n) is 16.5. The van der Waals surface area contributed by atoms with Crippen LogP contribution in [0.25, 0.3) is 0 Å². The third-order valence-corrected chi connectivity index (χ3v) is 6.83. The first kappa shape index (κ1) is 21.3. The second-order valence-electron chi connectivity index (χ2n) is 7.31. The average molecular weight is 420 g/mol. The van der Waals surface area contributed by atoms with E-state index in [4.69, 9.17) is 4.74 Å². The lowest BCUT2D eigenvalue weighted by Crippen LogP contribution is -2.40. The summed E-state index contributed by atoms with van der Waals surface area (Å²) in [7, 11) is -3.19. The molecular weight excluding hydrogens is 393 g/mol. The fourth-order valence-electron chi connectivity index (χ4n) is 3.39. The molecule has 7 heteroatoms. The number of ether oxygens (including phenoxy) is 1. The van der Waals surface area contributed by atoms with Crippen LogP contribution in [0.4, 0.5) is 4.39 Å². The molecule has 0 spiro atoms. The first-order chi connectivity index (χ1) is 13.9. The van der Waals surface area contributed by atoms with Crippen molar-refractivity contribution in [3.63, 3.8) is 0 Å². The Balaban J connectivity index is 1.81. The second kappa shape index (κ2) is 9.39. The summed E-state index contributed by atoms with van der Waals surface area (Å²) in [6.07, 6.45) is 2.35. The summed E-state index contributed by atoms with van der Waals surface area (Å²) in [5.41, 5.74) is 0.790. The van der Waals surface area contributed by atoms with E-state index in [0.29, 0.717) is 29.9 Å². The van der Waals surface area contributed by atoms with Gasteiger partial charge in [-0.1, -0.05) is 31.5 Å². The summed E-state index contributed by atoms with van der Waals surface area (Å²) >= 11 is 0. The molecule has 2 aromatic rings.